The number of rotatable bonds is 2. The molecule has 4 rings (SSSR count). The van der Waals surface area contributed by atoms with E-state index in [9.17, 15) is 14.7 Å². The molecule has 1 amide bonds. The number of carboxylic acid groups (broad SMARTS) is 1. The summed E-state index contributed by atoms with van der Waals surface area (Å²) in [5.74, 6) is -0.973. The molecule has 1 aromatic carbocycles. The van der Waals surface area contributed by atoms with Gasteiger partial charge >= 0.3 is 5.97 Å². The summed E-state index contributed by atoms with van der Waals surface area (Å²) in [6.45, 7) is 4.12. The molecular weight excluding hydrogens is 316 g/mol. The molecule has 2 aliphatic heterocycles. The molecule has 2 saturated heterocycles. The minimum Gasteiger partial charge on any atom is -0.480 e. The zero-order chi connectivity index (χ0) is 17.6. The molecule has 25 heavy (non-hydrogen) atoms. The van der Waals surface area contributed by atoms with Crippen molar-refractivity contribution < 1.29 is 14.7 Å². The average molecular weight is 342 g/mol. The lowest BCUT2D eigenvalue weighted by atomic mass is 9.76. The molecule has 134 valence electrons. The van der Waals surface area contributed by atoms with Crippen molar-refractivity contribution in [1.29, 1.82) is 0 Å². The van der Waals surface area contributed by atoms with Gasteiger partial charge < -0.3 is 10.0 Å². The van der Waals surface area contributed by atoms with Gasteiger partial charge in [-0.3, -0.25) is 9.69 Å². The van der Waals surface area contributed by atoms with E-state index in [-0.39, 0.29) is 11.3 Å². The van der Waals surface area contributed by atoms with Crippen LogP contribution in [0.1, 0.15) is 37.3 Å². The third-order valence-corrected chi connectivity index (χ3v) is 6.60. The molecular formula is C20H26N2O3. The van der Waals surface area contributed by atoms with Crippen LogP contribution in [0.4, 0.5) is 0 Å². The summed E-state index contributed by atoms with van der Waals surface area (Å²) in [6, 6.07) is 8.65. The Morgan fingerprint density at radius 1 is 1.12 bits per heavy atom. The van der Waals surface area contributed by atoms with Crippen molar-refractivity contribution in [3.63, 3.8) is 0 Å². The SMILES string of the molecule is CC(=O)N1CC2(CCN(C3Cc4ccccc4C3)CC2)C[C@@H]1C(=O)O. The summed E-state index contributed by atoms with van der Waals surface area (Å²) in [5, 5.41) is 9.47. The molecule has 0 bridgehead atoms. The van der Waals surface area contributed by atoms with Gasteiger partial charge in [0.25, 0.3) is 0 Å². The van der Waals surface area contributed by atoms with Gasteiger partial charge in [0.2, 0.25) is 5.91 Å². The Morgan fingerprint density at radius 2 is 1.72 bits per heavy atom. The van der Waals surface area contributed by atoms with Crippen LogP contribution in [0.2, 0.25) is 0 Å². The van der Waals surface area contributed by atoms with E-state index in [2.05, 4.69) is 29.2 Å². The summed E-state index contributed by atoms with van der Waals surface area (Å²) in [6.07, 6.45) is 4.85. The third kappa shape index (κ3) is 2.95. The van der Waals surface area contributed by atoms with Crippen molar-refractivity contribution in [2.24, 2.45) is 5.41 Å². The number of hydrogen-bond acceptors (Lipinski definition) is 3. The Labute approximate surface area is 148 Å². The lowest BCUT2D eigenvalue weighted by Gasteiger charge is -2.41. The van der Waals surface area contributed by atoms with Crippen LogP contribution in [0.5, 0.6) is 0 Å². The number of benzene rings is 1. The molecule has 5 heteroatoms. The van der Waals surface area contributed by atoms with E-state index < -0.39 is 12.0 Å². The lowest BCUT2D eigenvalue weighted by molar-refractivity contribution is -0.147. The Morgan fingerprint density at radius 3 is 2.20 bits per heavy atom. The standard InChI is InChI=1S/C20H26N2O3/c1-14(23)22-13-20(12-18(22)19(24)25)6-8-21(9-7-20)17-10-15-4-2-3-5-16(15)11-17/h2-5,17-18H,6-13H2,1H3,(H,24,25)/t18-/m1/s1. The van der Waals surface area contributed by atoms with Crippen LogP contribution in [0.15, 0.2) is 24.3 Å². The first-order valence-corrected chi connectivity index (χ1v) is 9.28. The molecule has 2 heterocycles. The predicted molar refractivity (Wildman–Crippen MR) is 94.3 cm³/mol. The molecule has 1 aliphatic carbocycles. The van der Waals surface area contributed by atoms with Gasteiger partial charge in [-0.1, -0.05) is 24.3 Å². The van der Waals surface area contributed by atoms with E-state index in [0.29, 0.717) is 19.0 Å². The first-order chi connectivity index (χ1) is 12.0. The average Bonchev–Trinajstić information content (AvgIpc) is 3.18. The zero-order valence-corrected chi connectivity index (χ0v) is 14.8. The van der Waals surface area contributed by atoms with Crippen LogP contribution in [0.25, 0.3) is 0 Å². The van der Waals surface area contributed by atoms with Crippen LogP contribution < -0.4 is 0 Å². The maximum absolute atomic E-state index is 11.8. The van der Waals surface area contributed by atoms with Crippen molar-refractivity contribution in [3.05, 3.63) is 35.4 Å². The molecule has 1 aromatic rings. The third-order valence-electron chi connectivity index (χ3n) is 6.60. The van der Waals surface area contributed by atoms with Crippen LogP contribution in [0, 0.1) is 5.41 Å². The van der Waals surface area contributed by atoms with Crippen molar-refractivity contribution in [1.82, 2.24) is 9.80 Å². The van der Waals surface area contributed by atoms with Gasteiger partial charge in [-0.2, -0.15) is 0 Å². The molecule has 1 N–H and O–H groups in total. The van der Waals surface area contributed by atoms with Crippen molar-refractivity contribution in [2.45, 2.75) is 51.1 Å². The molecule has 0 radical (unpaired) electrons. The summed E-state index contributed by atoms with van der Waals surface area (Å²) in [4.78, 5) is 27.5. The highest BCUT2D eigenvalue weighted by Gasteiger charge is 2.49. The number of likely N-dealkylation sites (tertiary alicyclic amines) is 2. The number of carboxylic acids is 1. The van der Waals surface area contributed by atoms with E-state index in [4.69, 9.17) is 0 Å². The monoisotopic (exact) mass is 342 g/mol. The van der Waals surface area contributed by atoms with Gasteiger partial charge in [0, 0.05) is 19.5 Å². The second-order valence-electron chi connectivity index (χ2n) is 8.07. The number of fused-ring (bicyclic) bond motifs is 1. The van der Waals surface area contributed by atoms with Crippen LogP contribution in [0.3, 0.4) is 0 Å². The normalized spacial score (nSPS) is 26.1. The van der Waals surface area contributed by atoms with Gasteiger partial charge in [0.05, 0.1) is 0 Å². The zero-order valence-electron chi connectivity index (χ0n) is 14.8. The Hall–Kier alpha value is -1.88. The smallest absolute Gasteiger partial charge is 0.326 e. The van der Waals surface area contributed by atoms with E-state index in [1.807, 2.05) is 0 Å². The van der Waals surface area contributed by atoms with Gasteiger partial charge in [0.15, 0.2) is 0 Å². The molecule has 1 atom stereocenters. The van der Waals surface area contributed by atoms with Crippen molar-refractivity contribution >= 4 is 11.9 Å². The summed E-state index contributed by atoms with van der Waals surface area (Å²) in [5.41, 5.74) is 2.95. The summed E-state index contributed by atoms with van der Waals surface area (Å²) >= 11 is 0. The van der Waals surface area contributed by atoms with Crippen LogP contribution in [-0.2, 0) is 22.4 Å². The van der Waals surface area contributed by atoms with Crippen molar-refractivity contribution in [2.75, 3.05) is 19.6 Å². The van der Waals surface area contributed by atoms with E-state index >= 15 is 0 Å². The van der Waals surface area contributed by atoms with E-state index in [0.717, 1.165) is 38.8 Å². The van der Waals surface area contributed by atoms with E-state index in [1.165, 1.54) is 18.1 Å². The molecule has 2 fully saturated rings. The van der Waals surface area contributed by atoms with Gasteiger partial charge in [-0.05, 0) is 61.7 Å². The minimum atomic E-state index is -0.860. The fourth-order valence-corrected chi connectivity index (χ4v) is 5.13. The first-order valence-electron chi connectivity index (χ1n) is 9.28. The Bertz CT molecular complexity index is 645. The highest BCUT2D eigenvalue weighted by molar-refractivity contribution is 5.83. The molecule has 1 spiro atoms. The molecule has 0 aromatic heterocycles. The van der Waals surface area contributed by atoms with Crippen LogP contribution in [-0.4, -0.2) is 58.5 Å². The number of piperidine rings is 1. The highest BCUT2D eigenvalue weighted by atomic mass is 16.4. The molecule has 3 aliphatic rings. The lowest BCUT2D eigenvalue weighted by Crippen LogP contribution is -2.46. The van der Waals surface area contributed by atoms with Gasteiger partial charge in [0.1, 0.15) is 6.04 Å². The number of hydrogen-bond donors (Lipinski definition) is 1. The Kier molecular flexibility index (Phi) is 4.07. The largest absolute Gasteiger partial charge is 0.480 e. The maximum atomic E-state index is 11.8. The first kappa shape index (κ1) is 16.6. The number of nitrogens with zero attached hydrogens (tertiary/aromatic N) is 2. The number of carbonyl (C=O) groups excluding carboxylic acids is 1. The number of carbonyl (C=O) groups is 2. The highest BCUT2D eigenvalue weighted by Crippen LogP contribution is 2.44. The fourth-order valence-electron chi connectivity index (χ4n) is 5.13. The topological polar surface area (TPSA) is 60.9 Å². The molecule has 0 unspecified atom stereocenters. The summed E-state index contributed by atoms with van der Waals surface area (Å²) < 4.78 is 0. The maximum Gasteiger partial charge on any atom is 0.326 e. The number of amides is 1. The summed E-state index contributed by atoms with van der Waals surface area (Å²) in [7, 11) is 0. The van der Waals surface area contributed by atoms with Crippen LogP contribution >= 0.6 is 0 Å². The molecule has 5 nitrogen and oxygen atoms in total. The Balaban J connectivity index is 1.41. The predicted octanol–water partition coefficient (Wildman–Crippen LogP) is 1.94. The quantitative estimate of drug-likeness (QED) is 0.892. The van der Waals surface area contributed by atoms with E-state index in [1.54, 1.807) is 4.90 Å². The van der Waals surface area contributed by atoms with Gasteiger partial charge in [-0.15, -0.1) is 0 Å². The fraction of sp³-hybridized carbons (Fsp3) is 0.600. The van der Waals surface area contributed by atoms with Crippen molar-refractivity contribution in [3.8, 4) is 0 Å². The second kappa shape index (κ2) is 6.13. The molecule has 0 saturated carbocycles. The number of aliphatic carboxylic acids is 1. The second-order valence-corrected chi connectivity index (χ2v) is 8.07. The minimum absolute atomic E-state index is 0.00329. The van der Waals surface area contributed by atoms with Gasteiger partial charge in [-0.25, -0.2) is 4.79 Å².